The van der Waals surface area contributed by atoms with Crippen LogP contribution in [0.1, 0.15) is 12.0 Å². The molecule has 0 aliphatic carbocycles. The van der Waals surface area contributed by atoms with E-state index < -0.39 is 34.2 Å². The number of aliphatic carboxylic acids is 2. The van der Waals surface area contributed by atoms with E-state index in [4.69, 9.17) is 30.9 Å². The second kappa shape index (κ2) is 15.0. The Morgan fingerprint density at radius 3 is 2.18 bits per heavy atom. The zero-order valence-corrected chi connectivity index (χ0v) is 21.8. The van der Waals surface area contributed by atoms with E-state index in [1.165, 1.54) is 12.1 Å². The molecule has 0 radical (unpaired) electrons. The molecule has 2 aromatic carbocycles. The molecule has 2 aromatic rings. The molecule has 0 aromatic heterocycles. The SMILES string of the molecule is NC(N)=NOCCCOc1ccc(C[C@H](NS(=O)(=O)c2cccc(Br)c2)C(=O)O)cc1.O=C(O)C(F)(F)F. The van der Waals surface area contributed by atoms with Gasteiger partial charge >= 0.3 is 18.1 Å². The number of guanidine groups is 1. The summed E-state index contributed by atoms with van der Waals surface area (Å²) < 4.78 is 65.1. The Balaban J connectivity index is 0.000000905. The van der Waals surface area contributed by atoms with Crippen LogP contribution in [0.2, 0.25) is 0 Å². The van der Waals surface area contributed by atoms with Gasteiger partial charge in [0.1, 0.15) is 18.4 Å². The maximum Gasteiger partial charge on any atom is 0.490 e. The lowest BCUT2D eigenvalue weighted by atomic mass is 10.1. The molecule has 0 spiro atoms. The van der Waals surface area contributed by atoms with E-state index in [-0.39, 0.29) is 23.9 Å². The van der Waals surface area contributed by atoms with Gasteiger partial charge in [0.25, 0.3) is 0 Å². The van der Waals surface area contributed by atoms with Gasteiger partial charge in [-0.1, -0.05) is 34.1 Å². The normalized spacial score (nSPS) is 11.9. The molecule has 0 heterocycles. The number of carbonyl (C=O) groups is 2. The first kappa shape index (κ1) is 32.5. The molecule has 12 nitrogen and oxygen atoms in total. The van der Waals surface area contributed by atoms with E-state index in [1.54, 1.807) is 36.4 Å². The van der Waals surface area contributed by atoms with Gasteiger partial charge in [-0.2, -0.15) is 17.9 Å². The van der Waals surface area contributed by atoms with Crippen LogP contribution in [0.15, 0.2) is 63.1 Å². The van der Waals surface area contributed by atoms with Crippen LogP contribution in [0.4, 0.5) is 13.2 Å². The molecule has 0 unspecified atom stereocenters. The summed E-state index contributed by atoms with van der Waals surface area (Å²) in [5.74, 6) is -3.62. The van der Waals surface area contributed by atoms with E-state index in [1.807, 2.05) is 0 Å². The summed E-state index contributed by atoms with van der Waals surface area (Å²) in [7, 11) is -4.00. The van der Waals surface area contributed by atoms with Crippen molar-refractivity contribution in [3.05, 3.63) is 58.6 Å². The maximum absolute atomic E-state index is 12.5. The molecule has 0 saturated carbocycles. The monoisotopic (exact) mass is 628 g/mol. The number of alkyl halides is 3. The molecular weight excluding hydrogens is 605 g/mol. The number of hydrogen-bond acceptors (Lipinski definition) is 7. The van der Waals surface area contributed by atoms with Crippen molar-refractivity contribution in [3.63, 3.8) is 0 Å². The fraction of sp³-hybridized carbons (Fsp3) is 0.286. The van der Waals surface area contributed by atoms with E-state index in [9.17, 15) is 31.5 Å². The number of ether oxygens (including phenoxy) is 1. The smallest absolute Gasteiger partial charge is 0.490 e. The van der Waals surface area contributed by atoms with Crippen molar-refractivity contribution in [1.29, 1.82) is 0 Å². The number of oxime groups is 1. The number of nitrogens with two attached hydrogens (primary N) is 2. The Morgan fingerprint density at radius 1 is 1.08 bits per heavy atom. The number of hydrogen-bond donors (Lipinski definition) is 5. The Morgan fingerprint density at radius 2 is 1.68 bits per heavy atom. The molecular formula is C21H24BrF3N4O8S. The van der Waals surface area contributed by atoms with Crippen molar-refractivity contribution < 1.29 is 51.0 Å². The highest BCUT2D eigenvalue weighted by Crippen LogP contribution is 2.18. The molecule has 0 saturated heterocycles. The lowest BCUT2D eigenvalue weighted by molar-refractivity contribution is -0.192. The van der Waals surface area contributed by atoms with Crippen LogP contribution >= 0.6 is 15.9 Å². The maximum atomic E-state index is 12.5. The Hall–Kier alpha value is -3.57. The van der Waals surface area contributed by atoms with Crippen LogP contribution in [0, 0.1) is 0 Å². The fourth-order valence-corrected chi connectivity index (χ4v) is 4.25. The molecule has 0 aliphatic rings. The minimum atomic E-state index is -5.08. The highest BCUT2D eigenvalue weighted by atomic mass is 79.9. The Bertz CT molecular complexity index is 1210. The summed E-state index contributed by atoms with van der Waals surface area (Å²) in [6, 6.07) is 11.4. The minimum Gasteiger partial charge on any atom is -0.493 e. The number of benzene rings is 2. The molecule has 0 fully saturated rings. The lowest BCUT2D eigenvalue weighted by Gasteiger charge is -2.15. The molecule has 0 amide bonds. The number of carboxylic acid groups (broad SMARTS) is 2. The molecule has 2 rings (SSSR count). The van der Waals surface area contributed by atoms with Gasteiger partial charge in [-0.05, 0) is 47.5 Å². The van der Waals surface area contributed by atoms with Crippen molar-refractivity contribution in [3.8, 4) is 5.75 Å². The first-order valence-corrected chi connectivity index (χ1v) is 12.6. The van der Waals surface area contributed by atoms with E-state index in [0.29, 0.717) is 28.8 Å². The average molecular weight is 629 g/mol. The number of rotatable bonds is 12. The lowest BCUT2D eigenvalue weighted by Crippen LogP contribution is -2.42. The second-order valence-corrected chi connectivity index (χ2v) is 9.80. The van der Waals surface area contributed by atoms with Gasteiger partial charge in [0.2, 0.25) is 16.0 Å². The van der Waals surface area contributed by atoms with Crippen LogP contribution in [0.25, 0.3) is 0 Å². The highest BCUT2D eigenvalue weighted by molar-refractivity contribution is 9.10. The molecule has 17 heteroatoms. The first-order valence-electron chi connectivity index (χ1n) is 10.3. The summed E-state index contributed by atoms with van der Waals surface area (Å²) in [5, 5.41) is 20.0. The van der Waals surface area contributed by atoms with Crippen LogP contribution in [0.5, 0.6) is 5.75 Å². The van der Waals surface area contributed by atoms with E-state index in [2.05, 4.69) is 25.8 Å². The number of nitrogens with zero attached hydrogens (tertiary/aromatic N) is 1. The van der Waals surface area contributed by atoms with Crippen molar-refractivity contribution in [2.45, 2.75) is 30.0 Å². The van der Waals surface area contributed by atoms with E-state index in [0.717, 1.165) is 0 Å². The van der Waals surface area contributed by atoms with Crippen LogP contribution in [-0.2, 0) is 30.9 Å². The largest absolute Gasteiger partial charge is 0.493 e. The van der Waals surface area contributed by atoms with Crippen molar-refractivity contribution in [1.82, 2.24) is 4.72 Å². The predicted molar refractivity (Wildman–Crippen MR) is 132 cm³/mol. The summed E-state index contributed by atoms with van der Waals surface area (Å²) >= 11 is 3.20. The highest BCUT2D eigenvalue weighted by Gasteiger charge is 2.38. The summed E-state index contributed by atoms with van der Waals surface area (Å²) in [6.07, 6.45) is -4.56. The Labute approximate surface area is 223 Å². The molecule has 38 heavy (non-hydrogen) atoms. The van der Waals surface area contributed by atoms with Gasteiger partial charge in [0.05, 0.1) is 11.5 Å². The summed E-state index contributed by atoms with van der Waals surface area (Å²) in [6.45, 7) is 0.651. The third kappa shape index (κ3) is 12.6. The van der Waals surface area contributed by atoms with Gasteiger partial charge in [0, 0.05) is 10.9 Å². The minimum absolute atomic E-state index is 0.0271. The number of halogens is 4. The topological polar surface area (TPSA) is 204 Å². The standard InChI is InChI=1S/C19H23BrN4O6S.C2HF3O2/c20-14-3-1-4-16(12-14)31(27,28)24-17(18(25)26)11-13-5-7-15(8-6-13)29-9-2-10-30-23-19(21)22;3-2(4,5)1(6)7/h1,3-8,12,17,24H,2,9-11H2,(H,25,26)(H4,21,22,23);(H,6,7)/t17-;/m0./s1. The number of sulfonamides is 1. The van der Waals surface area contributed by atoms with Gasteiger partial charge in [-0.3, -0.25) is 4.79 Å². The molecule has 0 aliphatic heterocycles. The van der Waals surface area contributed by atoms with Gasteiger partial charge in [-0.25, -0.2) is 13.2 Å². The zero-order chi connectivity index (χ0) is 28.9. The van der Waals surface area contributed by atoms with Crippen LogP contribution in [-0.4, -0.2) is 62.0 Å². The predicted octanol–water partition coefficient (Wildman–Crippen LogP) is 2.03. The molecule has 210 valence electrons. The molecule has 7 N–H and O–H groups in total. The Kier molecular flexibility index (Phi) is 12.8. The van der Waals surface area contributed by atoms with Crippen LogP contribution < -0.4 is 20.9 Å². The van der Waals surface area contributed by atoms with Gasteiger partial charge in [-0.15, -0.1) is 0 Å². The number of nitrogens with one attached hydrogen (secondary N) is 1. The first-order chi connectivity index (χ1) is 17.6. The fourth-order valence-electron chi connectivity index (χ4n) is 2.46. The third-order valence-corrected chi connectivity index (χ3v) is 6.09. The third-order valence-electron chi connectivity index (χ3n) is 4.13. The molecule has 1 atom stereocenters. The van der Waals surface area contributed by atoms with Crippen molar-refractivity contribution >= 4 is 43.9 Å². The number of carboxylic acids is 2. The molecule has 0 bridgehead atoms. The van der Waals surface area contributed by atoms with E-state index >= 15 is 0 Å². The van der Waals surface area contributed by atoms with Crippen LogP contribution in [0.3, 0.4) is 0 Å². The van der Waals surface area contributed by atoms with Gasteiger partial charge in [0.15, 0.2) is 0 Å². The quantitative estimate of drug-likeness (QED) is 0.100. The van der Waals surface area contributed by atoms with Crippen molar-refractivity contribution in [2.24, 2.45) is 16.6 Å². The average Bonchev–Trinajstić information content (AvgIpc) is 2.81. The van der Waals surface area contributed by atoms with Crippen molar-refractivity contribution in [2.75, 3.05) is 13.2 Å². The second-order valence-electron chi connectivity index (χ2n) is 7.17. The van der Waals surface area contributed by atoms with Gasteiger partial charge < -0.3 is 31.3 Å². The summed E-state index contributed by atoms with van der Waals surface area (Å²) in [5.41, 5.74) is 10.9. The summed E-state index contributed by atoms with van der Waals surface area (Å²) in [4.78, 5) is 25.3. The zero-order valence-electron chi connectivity index (χ0n) is 19.4.